The summed E-state index contributed by atoms with van der Waals surface area (Å²) in [6.07, 6.45) is 5.81. The Kier molecular flexibility index (Phi) is 3.74. The fraction of sp³-hybridized carbons (Fsp3) is 0.500. The highest BCUT2D eigenvalue weighted by atomic mass is 16.5. The molecule has 1 saturated heterocycles. The number of carbonyl (C=O) groups is 1. The maximum Gasteiger partial charge on any atom is 0.261 e. The summed E-state index contributed by atoms with van der Waals surface area (Å²) in [5.74, 6) is 0.277. The van der Waals surface area contributed by atoms with Crippen molar-refractivity contribution in [2.75, 3.05) is 11.9 Å². The van der Waals surface area contributed by atoms with E-state index in [4.69, 9.17) is 9.26 Å². The number of amides is 1. The SMILES string of the molecule is Cc1noc(C)c1C(=O)Nc1cnn(CC2CCCO2)c1. The summed E-state index contributed by atoms with van der Waals surface area (Å²) in [6.45, 7) is 4.99. The maximum absolute atomic E-state index is 12.2. The van der Waals surface area contributed by atoms with Gasteiger partial charge in [-0.15, -0.1) is 0 Å². The first kappa shape index (κ1) is 13.8. The molecule has 1 unspecified atom stereocenters. The molecule has 1 aliphatic rings. The van der Waals surface area contributed by atoms with E-state index in [1.54, 1.807) is 30.9 Å². The van der Waals surface area contributed by atoms with E-state index in [0.29, 0.717) is 29.2 Å². The predicted molar refractivity (Wildman–Crippen MR) is 75.1 cm³/mol. The quantitative estimate of drug-likeness (QED) is 0.930. The third-order valence-electron chi connectivity index (χ3n) is 3.57. The Morgan fingerprint density at radius 1 is 1.52 bits per heavy atom. The molecule has 2 aromatic heterocycles. The van der Waals surface area contributed by atoms with Gasteiger partial charge in [-0.1, -0.05) is 5.16 Å². The minimum atomic E-state index is -0.233. The van der Waals surface area contributed by atoms with Crippen molar-refractivity contribution >= 4 is 11.6 Å². The fourth-order valence-electron chi connectivity index (χ4n) is 2.53. The fourth-order valence-corrected chi connectivity index (χ4v) is 2.53. The van der Waals surface area contributed by atoms with Gasteiger partial charge in [-0.05, 0) is 26.7 Å². The summed E-state index contributed by atoms with van der Waals surface area (Å²) in [6, 6.07) is 0. The third-order valence-corrected chi connectivity index (χ3v) is 3.57. The number of ether oxygens (including phenoxy) is 1. The summed E-state index contributed by atoms with van der Waals surface area (Å²) < 4.78 is 12.4. The van der Waals surface area contributed by atoms with Crippen LogP contribution in [-0.4, -0.2) is 33.6 Å². The topological polar surface area (TPSA) is 82.2 Å². The summed E-state index contributed by atoms with van der Waals surface area (Å²) in [7, 11) is 0. The summed E-state index contributed by atoms with van der Waals surface area (Å²) >= 11 is 0. The van der Waals surface area contributed by atoms with Crippen LogP contribution in [-0.2, 0) is 11.3 Å². The zero-order chi connectivity index (χ0) is 14.8. The van der Waals surface area contributed by atoms with E-state index in [1.807, 2.05) is 0 Å². The second-order valence-corrected chi connectivity index (χ2v) is 5.24. The van der Waals surface area contributed by atoms with Gasteiger partial charge in [0.15, 0.2) is 0 Å². The van der Waals surface area contributed by atoms with Gasteiger partial charge in [-0.25, -0.2) is 0 Å². The van der Waals surface area contributed by atoms with Gasteiger partial charge < -0.3 is 14.6 Å². The van der Waals surface area contributed by atoms with Gasteiger partial charge in [-0.2, -0.15) is 5.10 Å². The normalized spacial score (nSPS) is 18.1. The summed E-state index contributed by atoms with van der Waals surface area (Å²) in [5, 5.41) is 10.8. The average molecular weight is 290 g/mol. The molecule has 0 saturated carbocycles. The number of carbonyl (C=O) groups excluding carboxylic acids is 1. The Labute approximate surface area is 122 Å². The lowest BCUT2D eigenvalue weighted by Gasteiger charge is -2.08. The molecule has 0 spiro atoms. The van der Waals surface area contributed by atoms with Crippen LogP contribution in [0.25, 0.3) is 0 Å². The van der Waals surface area contributed by atoms with Gasteiger partial charge in [-0.3, -0.25) is 9.48 Å². The average Bonchev–Trinajstić information content (AvgIpc) is 3.14. The Morgan fingerprint density at radius 2 is 2.38 bits per heavy atom. The predicted octanol–water partition coefficient (Wildman–Crippen LogP) is 1.92. The Balaban J connectivity index is 1.65. The van der Waals surface area contributed by atoms with Gasteiger partial charge in [0.25, 0.3) is 5.91 Å². The van der Waals surface area contributed by atoms with E-state index < -0.39 is 0 Å². The van der Waals surface area contributed by atoms with Crippen LogP contribution in [0.15, 0.2) is 16.9 Å². The molecule has 21 heavy (non-hydrogen) atoms. The van der Waals surface area contributed by atoms with Crippen molar-refractivity contribution in [2.24, 2.45) is 0 Å². The van der Waals surface area contributed by atoms with E-state index >= 15 is 0 Å². The van der Waals surface area contributed by atoms with Gasteiger partial charge >= 0.3 is 0 Å². The van der Waals surface area contributed by atoms with E-state index in [9.17, 15) is 4.79 Å². The molecule has 0 aliphatic carbocycles. The largest absolute Gasteiger partial charge is 0.376 e. The molecule has 1 aliphatic heterocycles. The van der Waals surface area contributed by atoms with E-state index in [2.05, 4.69) is 15.6 Å². The lowest BCUT2D eigenvalue weighted by molar-refractivity contribution is 0.0940. The first-order valence-electron chi connectivity index (χ1n) is 7.02. The van der Waals surface area contributed by atoms with Crippen LogP contribution in [0.2, 0.25) is 0 Å². The molecule has 1 fully saturated rings. The molecular weight excluding hydrogens is 272 g/mol. The highest BCUT2D eigenvalue weighted by Crippen LogP contribution is 2.17. The molecule has 112 valence electrons. The van der Waals surface area contributed by atoms with Crippen LogP contribution >= 0.6 is 0 Å². The number of nitrogens with one attached hydrogen (secondary N) is 1. The summed E-state index contributed by atoms with van der Waals surface area (Å²) in [5.41, 5.74) is 1.71. The molecule has 0 bridgehead atoms. The maximum atomic E-state index is 12.2. The standard InChI is InChI=1S/C14H18N4O3/c1-9-13(10(2)21-17-9)14(19)16-11-6-15-18(7-11)8-12-4-3-5-20-12/h6-7,12H,3-5,8H2,1-2H3,(H,16,19). The number of anilines is 1. The molecule has 0 radical (unpaired) electrons. The van der Waals surface area contributed by atoms with Crippen LogP contribution in [0.4, 0.5) is 5.69 Å². The molecule has 1 amide bonds. The van der Waals surface area contributed by atoms with Crippen LogP contribution in [0.5, 0.6) is 0 Å². The number of hydrogen-bond acceptors (Lipinski definition) is 5. The van der Waals surface area contributed by atoms with Gasteiger partial charge in [0, 0.05) is 12.8 Å². The van der Waals surface area contributed by atoms with Crippen molar-refractivity contribution in [1.82, 2.24) is 14.9 Å². The smallest absolute Gasteiger partial charge is 0.261 e. The molecule has 0 aromatic carbocycles. The number of aromatic nitrogens is 3. The minimum absolute atomic E-state index is 0.219. The third kappa shape index (κ3) is 2.97. The van der Waals surface area contributed by atoms with Crippen molar-refractivity contribution in [3.8, 4) is 0 Å². The van der Waals surface area contributed by atoms with Crippen LogP contribution in [0, 0.1) is 13.8 Å². The molecule has 3 rings (SSSR count). The number of aryl methyl sites for hydroxylation is 2. The molecule has 1 N–H and O–H groups in total. The second-order valence-electron chi connectivity index (χ2n) is 5.24. The monoisotopic (exact) mass is 290 g/mol. The lowest BCUT2D eigenvalue weighted by atomic mass is 10.2. The van der Waals surface area contributed by atoms with Crippen LogP contribution in [0.3, 0.4) is 0 Å². The second kappa shape index (κ2) is 5.69. The minimum Gasteiger partial charge on any atom is -0.376 e. The Hall–Kier alpha value is -2.15. The van der Waals surface area contributed by atoms with Crippen molar-refractivity contribution in [2.45, 2.75) is 39.3 Å². The zero-order valence-electron chi connectivity index (χ0n) is 12.1. The molecule has 7 nitrogen and oxygen atoms in total. The van der Waals surface area contributed by atoms with E-state index in [0.717, 1.165) is 19.4 Å². The van der Waals surface area contributed by atoms with E-state index in [1.165, 1.54) is 0 Å². The molecule has 1 atom stereocenters. The zero-order valence-corrected chi connectivity index (χ0v) is 12.1. The van der Waals surface area contributed by atoms with Crippen molar-refractivity contribution in [3.63, 3.8) is 0 Å². The Bertz CT molecular complexity index is 621. The molecule has 7 heteroatoms. The van der Waals surface area contributed by atoms with Crippen LogP contribution in [0.1, 0.15) is 34.7 Å². The Morgan fingerprint density at radius 3 is 3.05 bits per heavy atom. The van der Waals surface area contributed by atoms with Gasteiger partial charge in [0.2, 0.25) is 0 Å². The highest BCUT2D eigenvalue weighted by molar-refractivity contribution is 6.05. The van der Waals surface area contributed by atoms with Crippen LogP contribution < -0.4 is 5.32 Å². The number of nitrogens with zero attached hydrogens (tertiary/aromatic N) is 3. The van der Waals surface area contributed by atoms with Crippen molar-refractivity contribution < 1.29 is 14.1 Å². The first-order valence-corrected chi connectivity index (χ1v) is 7.02. The summed E-state index contributed by atoms with van der Waals surface area (Å²) in [4.78, 5) is 12.2. The number of rotatable bonds is 4. The van der Waals surface area contributed by atoms with E-state index in [-0.39, 0.29) is 12.0 Å². The first-order chi connectivity index (χ1) is 10.1. The van der Waals surface area contributed by atoms with Crippen molar-refractivity contribution in [3.05, 3.63) is 29.4 Å². The van der Waals surface area contributed by atoms with Crippen molar-refractivity contribution in [1.29, 1.82) is 0 Å². The molecule has 2 aromatic rings. The lowest BCUT2D eigenvalue weighted by Crippen LogP contribution is -2.15. The highest BCUT2D eigenvalue weighted by Gasteiger charge is 2.19. The van der Waals surface area contributed by atoms with Gasteiger partial charge in [0.1, 0.15) is 11.3 Å². The van der Waals surface area contributed by atoms with Gasteiger partial charge in [0.05, 0.1) is 30.2 Å². The molecular formula is C14H18N4O3. The molecule has 3 heterocycles. The number of hydrogen-bond donors (Lipinski definition) is 1.